The number of carbonyl (C=O) groups is 1. The molecule has 27 heavy (non-hydrogen) atoms. The van der Waals surface area contributed by atoms with Crippen molar-refractivity contribution >= 4 is 50.6 Å². The summed E-state index contributed by atoms with van der Waals surface area (Å²) in [4.78, 5) is 31.9. The fourth-order valence-electron chi connectivity index (χ4n) is 2.61. The van der Waals surface area contributed by atoms with Crippen molar-refractivity contribution in [1.82, 2.24) is 14.9 Å². The van der Waals surface area contributed by atoms with Crippen LogP contribution < -0.4 is 10.9 Å². The third kappa shape index (κ3) is 4.17. The molecule has 0 fully saturated rings. The van der Waals surface area contributed by atoms with Crippen LogP contribution in [-0.2, 0) is 11.3 Å². The maximum Gasteiger partial charge on any atom is 0.263 e. The molecular formula is C19H21N3O2S3. The van der Waals surface area contributed by atoms with Crippen LogP contribution >= 0.6 is 34.4 Å². The van der Waals surface area contributed by atoms with Crippen LogP contribution in [0.4, 0.5) is 0 Å². The number of hydrogen-bond acceptors (Lipinski definition) is 6. The van der Waals surface area contributed by atoms with Gasteiger partial charge in [-0.3, -0.25) is 14.2 Å². The van der Waals surface area contributed by atoms with E-state index in [2.05, 4.69) is 11.9 Å². The molecule has 3 heterocycles. The zero-order chi connectivity index (χ0) is 19.6. The van der Waals surface area contributed by atoms with E-state index in [1.807, 2.05) is 43.7 Å². The number of thiophene rings is 2. The first-order valence-corrected chi connectivity index (χ1v) is 11.2. The van der Waals surface area contributed by atoms with Gasteiger partial charge in [0.2, 0.25) is 5.91 Å². The van der Waals surface area contributed by atoms with Gasteiger partial charge in [-0.25, -0.2) is 4.98 Å². The van der Waals surface area contributed by atoms with Gasteiger partial charge in [0.1, 0.15) is 4.83 Å². The van der Waals surface area contributed by atoms with Crippen molar-refractivity contribution in [3.8, 4) is 10.4 Å². The lowest BCUT2D eigenvalue weighted by Crippen LogP contribution is -2.36. The Labute approximate surface area is 170 Å². The second kappa shape index (κ2) is 8.41. The molecule has 0 spiro atoms. The number of carbonyl (C=O) groups excluding carboxylic acids is 1. The summed E-state index contributed by atoms with van der Waals surface area (Å²) in [6.45, 7) is 9.78. The van der Waals surface area contributed by atoms with Crippen LogP contribution in [0.15, 0.2) is 45.5 Å². The van der Waals surface area contributed by atoms with Gasteiger partial charge in [0.05, 0.1) is 10.6 Å². The van der Waals surface area contributed by atoms with E-state index in [0.29, 0.717) is 21.9 Å². The first-order chi connectivity index (χ1) is 12.9. The molecule has 0 aliphatic carbocycles. The smallest absolute Gasteiger partial charge is 0.263 e. The Kier molecular flexibility index (Phi) is 6.18. The van der Waals surface area contributed by atoms with Gasteiger partial charge in [0, 0.05) is 28.4 Å². The lowest BCUT2D eigenvalue weighted by atomic mass is 10.2. The van der Waals surface area contributed by atoms with Crippen molar-refractivity contribution in [3.05, 3.63) is 45.9 Å². The van der Waals surface area contributed by atoms with E-state index in [0.717, 1.165) is 10.4 Å². The van der Waals surface area contributed by atoms with Crippen molar-refractivity contribution in [3.63, 3.8) is 0 Å². The van der Waals surface area contributed by atoms with Crippen LogP contribution in [0.1, 0.15) is 20.8 Å². The first-order valence-electron chi connectivity index (χ1n) is 8.56. The van der Waals surface area contributed by atoms with Gasteiger partial charge in [-0.05, 0) is 32.2 Å². The summed E-state index contributed by atoms with van der Waals surface area (Å²) in [5.74, 6) is -0.0695. The maximum absolute atomic E-state index is 13.2. The van der Waals surface area contributed by atoms with Crippen LogP contribution in [-0.4, -0.2) is 26.8 Å². The lowest BCUT2D eigenvalue weighted by molar-refractivity contribution is -0.120. The SMILES string of the molecule is C=CCn1c(S[C@H](C)C(=O)NC(C)C)nc2scc(-c3cccs3)c2c1=O. The topological polar surface area (TPSA) is 64.0 Å². The van der Waals surface area contributed by atoms with E-state index in [1.54, 1.807) is 22.0 Å². The minimum absolute atomic E-state index is 0.0667. The summed E-state index contributed by atoms with van der Waals surface area (Å²) in [6.07, 6.45) is 1.68. The molecule has 1 amide bonds. The minimum Gasteiger partial charge on any atom is -0.353 e. The molecule has 1 atom stereocenters. The summed E-state index contributed by atoms with van der Waals surface area (Å²) < 4.78 is 1.60. The molecule has 3 rings (SSSR count). The molecule has 3 aromatic heterocycles. The Balaban J connectivity index is 2.06. The highest BCUT2D eigenvalue weighted by Crippen LogP contribution is 2.35. The molecule has 5 nitrogen and oxygen atoms in total. The second-order valence-corrected chi connectivity index (χ2v) is 9.44. The molecule has 8 heteroatoms. The van der Waals surface area contributed by atoms with Crippen molar-refractivity contribution in [1.29, 1.82) is 0 Å². The predicted molar refractivity (Wildman–Crippen MR) is 116 cm³/mol. The van der Waals surface area contributed by atoms with Crippen LogP contribution in [0.25, 0.3) is 20.7 Å². The zero-order valence-corrected chi connectivity index (χ0v) is 17.8. The van der Waals surface area contributed by atoms with Crippen LogP contribution in [0.5, 0.6) is 0 Å². The second-order valence-electron chi connectivity index (χ2n) is 6.33. The molecule has 0 radical (unpaired) electrons. The summed E-state index contributed by atoms with van der Waals surface area (Å²) in [5, 5.41) is 7.69. The maximum atomic E-state index is 13.2. The summed E-state index contributed by atoms with van der Waals surface area (Å²) in [7, 11) is 0. The van der Waals surface area contributed by atoms with Crippen molar-refractivity contribution < 1.29 is 4.79 Å². The monoisotopic (exact) mass is 419 g/mol. The molecule has 0 saturated heterocycles. The van der Waals surface area contributed by atoms with Crippen molar-refractivity contribution in [2.45, 2.75) is 43.8 Å². The highest BCUT2D eigenvalue weighted by molar-refractivity contribution is 8.00. The molecule has 0 unspecified atom stereocenters. The largest absolute Gasteiger partial charge is 0.353 e. The number of rotatable bonds is 7. The normalized spacial score (nSPS) is 12.4. The Morgan fingerprint density at radius 1 is 1.41 bits per heavy atom. The summed E-state index contributed by atoms with van der Waals surface area (Å²) in [5.41, 5.74) is 0.825. The van der Waals surface area contributed by atoms with Crippen LogP contribution in [0.2, 0.25) is 0 Å². The van der Waals surface area contributed by atoms with Crippen LogP contribution in [0.3, 0.4) is 0 Å². The molecule has 1 N–H and O–H groups in total. The Morgan fingerprint density at radius 2 is 2.19 bits per heavy atom. The molecule has 0 aromatic carbocycles. The minimum atomic E-state index is -0.357. The van der Waals surface area contributed by atoms with Gasteiger partial charge in [-0.1, -0.05) is 23.9 Å². The third-order valence-electron chi connectivity index (χ3n) is 3.84. The number of nitrogens with one attached hydrogen (secondary N) is 1. The van der Waals surface area contributed by atoms with Gasteiger partial charge >= 0.3 is 0 Å². The molecule has 0 aliphatic rings. The number of amides is 1. The van der Waals surface area contributed by atoms with Crippen molar-refractivity contribution in [2.75, 3.05) is 0 Å². The number of hydrogen-bond donors (Lipinski definition) is 1. The molecule has 0 aliphatic heterocycles. The number of allylic oxidation sites excluding steroid dienone is 1. The molecule has 0 bridgehead atoms. The molecule has 3 aromatic rings. The first kappa shape index (κ1) is 19.9. The molecule has 0 saturated carbocycles. The van der Waals surface area contributed by atoms with Gasteiger partial charge in [0.25, 0.3) is 5.56 Å². The summed E-state index contributed by atoms with van der Waals surface area (Å²) >= 11 is 4.35. The van der Waals surface area contributed by atoms with Gasteiger partial charge in [-0.2, -0.15) is 0 Å². The highest BCUT2D eigenvalue weighted by Gasteiger charge is 2.21. The van der Waals surface area contributed by atoms with E-state index < -0.39 is 0 Å². The van der Waals surface area contributed by atoms with E-state index in [4.69, 9.17) is 4.98 Å². The van der Waals surface area contributed by atoms with Crippen molar-refractivity contribution in [2.24, 2.45) is 0 Å². The van der Waals surface area contributed by atoms with E-state index in [9.17, 15) is 9.59 Å². The van der Waals surface area contributed by atoms with Gasteiger partial charge < -0.3 is 5.32 Å². The Bertz CT molecular complexity index is 1020. The standard InChI is InChI=1S/C19H21N3O2S3/c1-5-8-22-18(24)15-13(14-7-6-9-25-14)10-26-17(15)21-19(22)27-12(4)16(23)20-11(2)3/h5-7,9-12H,1,8H2,2-4H3,(H,20,23)/t12-/m1/s1. The third-order valence-corrected chi connectivity index (χ3v) is 6.70. The van der Waals surface area contributed by atoms with E-state index >= 15 is 0 Å². The number of aromatic nitrogens is 2. The Morgan fingerprint density at radius 3 is 2.81 bits per heavy atom. The molecule has 142 valence electrons. The zero-order valence-electron chi connectivity index (χ0n) is 15.4. The Hall–Kier alpha value is -1.90. The lowest BCUT2D eigenvalue weighted by Gasteiger charge is -2.16. The average Bonchev–Trinajstić information content (AvgIpc) is 3.26. The predicted octanol–water partition coefficient (Wildman–Crippen LogP) is 4.38. The van der Waals surface area contributed by atoms with Gasteiger partial charge in [-0.15, -0.1) is 29.3 Å². The average molecular weight is 420 g/mol. The van der Waals surface area contributed by atoms with Gasteiger partial charge in [0.15, 0.2) is 5.16 Å². The highest BCUT2D eigenvalue weighted by atomic mass is 32.2. The van der Waals surface area contributed by atoms with E-state index in [1.165, 1.54) is 23.1 Å². The van der Waals surface area contributed by atoms with E-state index in [-0.39, 0.29) is 22.8 Å². The number of nitrogens with zero attached hydrogens (tertiary/aromatic N) is 2. The molecular weight excluding hydrogens is 398 g/mol. The fourth-order valence-corrected chi connectivity index (χ4v) is 5.34. The summed E-state index contributed by atoms with van der Waals surface area (Å²) in [6, 6.07) is 4.04. The fraction of sp³-hybridized carbons (Fsp3) is 0.316. The quantitative estimate of drug-likeness (QED) is 0.351. The number of thioether (sulfide) groups is 1. The van der Waals surface area contributed by atoms with Crippen LogP contribution in [0, 0.1) is 0 Å². The number of fused-ring (bicyclic) bond motifs is 1.